The van der Waals surface area contributed by atoms with Crippen molar-refractivity contribution in [2.45, 2.75) is 56.9 Å². The number of thioether (sulfide) groups is 1. The van der Waals surface area contributed by atoms with Gasteiger partial charge in [-0.1, -0.05) is 42.8 Å². The molecule has 4 rings (SSSR count). The van der Waals surface area contributed by atoms with Gasteiger partial charge in [0.2, 0.25) is 11.6 Å². The number of amides is 1. The van der Waals surface area contributed by atoms with Gasteiger partial charge in [-0.15, -0.1) is 11.3 Å². The number of ether oxygens (including phenoxy) is 1. The van der Waals surface area contributed by atoms with E-state index in [1.54, 1.807) is 6.92 Å². The molecule has 0 bridgehead atoms. The van der Waals surface area contributed by atoms with E-state index in [1.165, 1.54) is 34.2 Å². The van der Waals surface area contributed by atoms with Gasteiger partial charge < -0.3 is 19.7 Å². The van der Waals surface area contributed by atoms with Crippen LogP contribution in [0.5, 0.6) is 5.95 Å². The number of carbonyl (C=O) groups is 2. The van der Waals surface area contributed by atoms with E-state index < -0.39 is 5.95 Å². The van der Waals surface area contributed by atoms with Gasteiger partial charge in [-0.05, 0) is 42.9 Å². The van der Waals surface area contributed by atoms with Crippen molar-refractivity contribution in [1.29, 1.82) is 0 Å². The molecule has 180 valence electrons. The number of rotatable bonds is 8. The zero-order chi connectivity index (χ0) is 23.9. The van der Waals surface area contributed by atoms with E-state index in [1.807, 2.05) is 30.3 Å². The standard InChI is InChI=1S/C24H27N3O5S2/c1-2-31-23(29)20-17-12-8-3-4-9-13-18(17)34-21(20)25-19(28)14-15-33-22-24(30)32-26-27(22)16-10-6-5-7-11-16/h5-7,10-11H,2-4,8-9,12-15H2,1H3,(H-,25,26,28,29,30). The maximum atomic E-state index is 12.8. The van der Waals surface area contributed by atoms with Crippen LogP contribution in [0.15, 0.2) is 39.9 Å². The monoisotopic (exact) mass is 501 g/mol. The Labute approximate surface area is 206 Å². The predicted molar refractivity (Wildman–Crippen MR) is 128 cm³/mol. The third kappa shape index (κ3) is 5.61. The summed E-state index contributed by atoms with van der Waals surface area (Å²) in [4.78, 5) is 26.7. The summed E-state index contributed by atoms with van der Waals surface area (Å²) in [6.45, 7) is 2.06. The summed E-state index contributed by atoms with van der Waals surface area (Å²) in [5.41, 5.74) is 2.24. The largest absolute Gasteiger partial charge is 0.538 e. The summed E-state index contributed by atoms with van der Waals surface area (Å²) in [7, 11) is 0. The van der Waals surface area contributed by atoms with Crippen LogP contribution in [0.4, 0.5) is 5.00 Å². The number of anilines is 1. The fourth-order valence-corrected chi connectivity index (χ4v) is 6.14. The molecule has 10 heteroatoms. The van der Waals surface area contributed by atoms with Gasteiger partial charge in [-0.3, -0.25) is 4.79 Å². The maximum absolute atomic E-state index is 12.8. The molecule has 2 aromatic heterocycles. The second-order valence-electron chi connectivity index (χ2n) is 7.90. The molecule has 0 fully saturated rings. The van der Waals surface area contributed by atoms with Crippen LogP contribution in [-0.2, 0) is 22.4 Å². The lowest BCUT2D eigenvalue weighted by Crippen LogP contribution is -2.34. The van der Waals surface area contributed by atoms with Gasteiger partial charge in [-0.25, -0.2) is 4.79 Å². The molecule has 34 heavy (non-hydrogen) atoms. The van der Waals surface area contributed by atoms with Crippen LogP contribution in [0.2, 0.25) is 0 Å². The van der Waals surface area contributed by atoms with Crippen molar-refractivity contribution in [2.75, 3.05) is 17.7 Å². The summed E-state index contributed by atoms with van der Waals surface area (Å²) in [5.74, 6) is -0.788. The second-order valence-corrected chi connectivity index (χ2v) is 10.1. The number of nitrogens with zero attached hydrogens (tertiary/aromatic N) is 2. The van der Waals surface area contributed by atoms with Crippen LogP contribution < -0.4 is 15.1 Å². The third-order valence-corrected chi connectivity index (χ3v) is 7.77. The molecule has 0 spiro atoms. The molecule has 1 amide bonds. The van der Waals surface area contributed by atoms with Gasteiger partial charge >= 0.3 is 5.97 Å². The molecule has 0 unspecified atom stereocenters. The number of thiophene rings is 1. The summed E-state index contributed by atoms with van der Waals surface area (Å²) in [5, 5.41) is 19.7. The molecule has 3 aromatic rings. The first-order valence-electron chi connectivity index (χ1n) is 11.5. The van der Waals surface area contributed by atoms with Crippen LogP contribution in [-0.4, -0.2) is 29.5 Å². The van der Waals surface area contributed by atoms with Gasteiger partial charge in [0.1, 0.15) is 5.00 Å². The van der Waals surface area contributed by atoms with Gasteiger partial charge in [0.15, 0.2) is 5.95 Å². The van der Waals surface area contributed by atoms with E-state index in [2.05, 4.69) is 10.6 Å². The van der Waals surface area contributed by atoms with Crippen molar-refractivity contribution in [3.63, 3.8) is 0 Å². The Morgan fingerprint density at radius 2 is 1.97 bits per heavy atom. The number of benzene rings is 1. The molecule has 1 N–H and O–H groups in total. The molecule has 1 aliphatic carbocycles. The van der Waals surface area contributed by atoms with Crippen molar-refractivity contribution >= 4 is 40.0 Å². The highest BCUT2D eigenvalue weighted by molar-refractivity contribution is 7.99. The Hall–Kier alpha value is -2.85. The fraction of sp³-hybridized carbons (Fsp3) is 0.417. The van der Waals surface area contributed by atoms with Crippen molar-refractivity contribution in [3.8, 4) is 11.6 Å². The zero-order valence-corrected chi connectivity index (χ0v) is 20.6. The highest BCUT2D eigenvalue weighted by Crippen LogP contribution is 2.37. The molecule has 0 aliphatic heterocycles. The molecule has 0 saturated carbocycles. The van der Waals surface area contributed by atoms with Crippen molar-refractivity contribution in [1.82, 2.24) is 5.27 Å². The van der Waals surface area contributed by atoms with E-state index in [4.69, 9.17) is 9.26 Å². The highest BCUT2D eigenvalue weighted by Gasteiger charge is 2.26. The molecule has 0 saturated heterocycles. The third-order valence-electron chi connectivity index (χ3n) is 5.54. The summed E-state index contributed by atoms with van der Waals surface area (Å²) in [6, 6.07) is 9.19. The van der Waals surface area contributed by atoms with Gasteiger partial charge in [0.25, 0.3) is 5.03 Å². The van der Waals surface area contributed by atoms with E-state index in [0.717, 1.165) is 42.5 Å². The molecule has 0 radical (unpaired) electrons. The molecular formula is C24H27N3O5S2. The van der Waals surface area contributed by atoms with Gasteiger partial charge in [0.05, 0.1) is 17.4 Å². The Morgan fingerprint density at radius 3 is 2.74 bits per heavy atom. The summed E-state index contributed by atoms with van der Waals surface area (Å²) in [6.07, 6.45) is 6.33. The summed E-state index contributed by atoms with van der Waals surface area (Å²) < 4.78 is 11.6. The zero-order valence-electron chi connectivity index (χ0n) is 19.0. The lowest BCUT2D eigenvalue weighted by atomic mass is 9.96. The van der Waals surface area contributed by atoms with E-state index >= 15 is 0 Å². The normalized spacial score (nSPS) is 13.6. The second kappa shape index (κ2) is 11.5. The summed E-state index contributed by atoms with van der Waals surface area (Å²) >= 11 is 2.69. The number of esters is 1. The fourth-order valence-electron chi connectivity index (χ4n) is 3.95. The molecule has 2 heterocycles. The molecule has 8 nitrogen and oxygen atoms in total. The number of hydrogen-bond acceptors (Lipinski definition) is 8. The first-order chi connectivity index (χ1) is 16.6. The first kappa shape index (κ1) is 24.3. The molecule has 0 atom stereocenters. The van der Waals surface area contributed by atoms with Gasteiger partial charge in [-0.2, -0.15) is 0 Å². The van der Waals surface area contributed by atoms with Crippen LogP contribution >= 0.6 is 23.1 Å². The van der Waals surface area contributed by atoms with Gasteiger partial charge in [0, 0.05) is 29.2 Å². The van der Waals surface area contributed by atoms with E-state index in [0.29, 0.717) is 27.0 Å². The maximum Gasteiger partial charge on any atom is 0.341 e. The number of aryl methyl sites for hydroxylation is 1. The predicted octanol–water partition coefficient (Wildman–Crippen LogP) is 4.04. The number of carbonyl (C=O) groups excluding carboxylic acids is 2. The Bertz CT molecular complexity index is 1140. The minimum absolute atomic E-state index is 0.162. The van der Waals surface area contributed by atoms with Crippen LogP contribution in [0.3, 0.4) is 0 Å². The number of para-hydroxylation sites is 1. The molecule has 1 aromatic carbocycles. The first-order valence-corrected chi connectivity index (χ1v) is 13.3. The minimum Gasteiger partial charge on any atom is -0.538 e. The Morgan fingerprint density at radius 1 is 1.21 bits per heavy atom. The number of nitrogens with one attached hydrogen (secondary N) is 1. The van der Waals surface area contributed by atoms with Crippen LogP contribution in [0, 0.1) is 0 Å². The average Bonchev–Trinajstić information content (AvgIpc) is 3.34. The quantitative estimate of drug-likeness (QED) is 0.282. The van der Waals surface area contributed by atoms with Crippen molar-refractivity contribution in [2.24, 2.45) is 0 Å². The van der Waals surface area contributed by atoms with Crippen LogP contribution in [0.25, 0.3) is 5.69 Å². The highest BCUT2D eigenvalue weighted by atomic mass is 32.2. The number of aromatic nitrogens is 2. The topological polar surface area (TPSA) is 108 Å². The lowest BCUT2D eigenvalue weighted by molar-refractivity contribution is -0.705. The molecular weight excluding hydrogens is 474 g/mol. The lowest BCUT2D eigenvalue weighted by Gasteiger charge is -2.11. The SMILES string of the molecule is CCOC(=O)c1c(NC(=O)CCSc2c([O-])on[n+]2-c2ccccc2)sc2c1CCCCCC2. The number of fused-ring (bicyclic) bond motifs is 1. The average molecular weight is 502 g/mol. The van der Waals surface area contributed by atoms with Crippen molar-refractivity contribution in [3.05, 3.63) is 46.3 Å². The Balaban J connectivity index is 1.44. The van der Waals surface area contributed by atoms with E-state index in [9.17, 15) is 14.7 Å². The number of hydrogen-bond donors (Lipinski definition) is 1. The minimum atomic E-state index is -0.545. The van der Waals surface area contributed by atoms with Crippen LogP contribution in [0.1, 0.15) is 59.8 Å². The van der Waals surface area contributed by atoms with E-state index in [-0.39, 0.29) is 24.9 Å². The molecule has 1 aliphatic rings. The Kier molecular flexibility index (Phi) is 8.23. The van der Waals surface area contributed by atoms with Crippen molar-refractivity contribution < 1.29 is 28.6 Å². The smallest absolute Gasteiger partial charge is 0.341 e.